The maximum Gasteiger partial charge on any atom is 0.418 e. The second-order valence-electron chi connectivity index (χ2n) is 7.23. The van der Waals surface area contributed by atoms with Crippen LogP contribution in [0.25, 0.3) is 11.0 Å². The number of furan rings is 1. The van der Waals surface area contributed by atoms with E-state index in [0.29, 0.717) is 18.7 Å². The first-order chi connectivity index (χ1) is 15.3. The summed E-state index contributed by atoms with van der Waals surface area (Å²) >= 11 is 0. The Bertz CT molecular complexity index is 1150. The van der Waals surface area contributed by atoms with Gasteiger partial charge in [0.15, 0.2) is 0 Å². The monoisotopic (exact) mass is 447 g/mol. The highest BCUT2D eigenvalue weighted by molar-refractivity contribution is 5.95. The van der Waals surface area contributed by atoms with Gasteiger partial charge in [-0.25, -0.2) is 4.79 Å². The van der Waals surface area contributed by atoms with E-state index in [2.05, 4.69) is 4.98 Å². The summed E-state index contributed by atoms with van der Waals surface area (Å²) in [4.78, 5) is 31.6. The minimum Gasteiger partial charge on any atom is -0.460 e. The molecule has 3 heterocycles. The van der Waals surface area contributed by atoms with Crippen molar-refractivity contribution >= 4 is 28.5 Å². The molecular formula is C22H20F3N3O4. The predicted octanol–water partition coefficient (Wildman–Crippen LogP) is 3.99. The molecule has 0 atom stereocenters. The standard InChI is InChI=1S/C22H20F3N3O4/c1-2-31-21(30)18-13-14-12-15(5-6-17(14)32-18)27-8-10-28(11-9-27)20(29)19-16(22(23,24)25)4-3-7-26-19/h3-7,12-13H,2,8-11H2,1H3. The molecule has 1 fully saturated rings. The molecule has 0 aliphatic carbocycles. The predicted molar refractivity (Wildman–Crippen MR) is 110 cm³/mol. The number of ether oxygens (including phenoxy) is 1. The Hall–Kier alpha value is -3.56. The fourth-order valence-electron chi connectivity index (χ4n) is 3.65. The Morgan fingerprint density at radius 1 is 1.12 bits per heavy atom. The normalized spacial score (nSPS) is 14.6. The van der Waals surface area contributed by atoms with E-state index >= 15 is 0 Å². The Morgan fingerprint density at radius 2 is 1.88 bits per heavy atom. The number of alkyl halides is 3. The Labute approximate surface area is 181 Å². The maximum absolute atomic E-state index is 13.2. The number of amides is 1. The minimum atomic E-state index is -4.65. The molecule has 4 rings (SSSR count). The van der Waals surface area contributed by atoms with E-state index in [9.17, 15) is 22.8 Å². The fourth-order valence-corrected chi connectivity index (χ4v) is 3.65. The molecule has 168 valence electrons. The number of pyridine rings is 1. The highest BCUT2D eigenvalue weighted by Gasteiger charge is 2.37. The summed E-state index contributed by atoms with van der Waals surface area (Å²) in [5.74, 6) is -1.16. The number of hydrogen-bond donors (Lipinski definition) is 0. The van der Waals surface area contributed by atoms with Crippen molar-refractivity contribution in [3.05, 3.63) is 59.6 Å². The highest BCUT2D eigenvalue weighted by Crippen LogP contribution is 2.32. The van der Waals surface area contributed by atoms with Crippen molar-refractivity contribution in [3.8, 4) is 0 Å². The number of anilines is 1. The summed E-state index contributed by atoms with van der Waals surface area (Å²) < 4.78 is 50.1. The molecule has 1 aromatic carbocycles. The molecule has 2 aromatic heterocycles. The van der Waals surface area contributed by atoms with Gasteiger partial charge in [0.25, 0.3) is 5.91 Å². The molecule has 0 saturated carbocycles. The van der Waals surface area contributed by atoms with Crippen molar-refractivity contribution in [2.24, 2.45) is 0 Å². The molecule has 1 amide bonds. The number of carbonyl (C=O) groups excluding carboxylic acids is 2. The van der Waals surface area contributed by atoms with E-state index in [1.807, 2.05) is 17.0 Å². The van der Waals surface area contributed by atoms with Crippen LogP contribution in [0.1, 0.15) is 33.5 Å². The van der Waals surface area contributed by atoms with Gasteiger partial charge in [0, 0.05) is 43.4 Å². The lowest BCUT2D eigenvalue weighted by atomic mass is 10.1. The number of hydrogen-bond acceptors (Lipinski definition) is 6. The van der Waals surface area contributed by atoms with Crippen LogP contribution in [0.15, 0.2) is 47.0 Å². The van der Waals surface area contributed by atoms with Gasteiger partial charge in [-0.1, -0.05) is 0 Å². The summed E-state index contributed by atoms with van der Waals surface area (Å²) in [5, 5.41) is 0.729. The van der Waals surface area contributed by atoms with Gasteiger partial charge in [0.1, 0.15) is 11.3 Å². The lowest BCUT2D eigenvalue weighted by Crippen LogP contribution is -2.49. The van der Waals surface area contributed by atoms with Crippen LogP contribution in [0, 0.1) is 0 Å². The summed E-state index contributed by atoms with van der Waals surface area (Å²) in [6.07, 6.45) is -3.47. The first kappa shape index (κ1) is 21.7. The van der Waals surface area contributed by atoms with Crippen molar-refractivity contribution < 1.29 is 31.9 Å². The molecule has 3 aromatic rings. The number of rotatable bonds is 4. The van der Waals surface area contributed by atoms with E-state index in [1.165, 1.54) is 11.1 Å². The third-order valence-electron chi connectivity index (χ3n) is 5.22. The van der Waals surface area contributed by atoms with Gasteiger partial charge < -0.3 is 19.0 Å². The topological polar surface area (TPSA) is 75.9 Å². The van der Waals surface area contributed by atoms with Crippen LogP contribution < -0.4 is 4.90 Å². The molecule has 32 heavy (non-hydrogen) atoms. The third kappa shape index (κ3) is 4.25. The molecule has 0 bridgehead atoms. The van der Waals surface area contributed by atoms with Crippen LogP contribution >= 0.6 is 0 Å². The Morgan fingerprint density at radius 3 is 2.56 bits per heavy atom. The van der Waals surface area contributed by atoms with Crippen molar-refractivity contribution in [2.45, 2.75) is 13.1 Å². The van der Waals surface area contributed by atoms with Gasteiger partial charge in [-0.3, -0.25) is 9.78 Å². The Kier molecular flexibility index (Phi) is 5.77. The van der Waals surface area contributed by atoms with Crippen LogP contribution in [0.3, 0.4) is 0 Å². The average molecular weight is 447 g/mol. The molecule has 0 unspecified atom stereocenters. The molecule has 0 radical (unpaired) electrons. The second-order valence-corrected chi connectivity index (χ2v) is 7.23. The summed E-state index contributed by atoms with van der Waals surface area (Å²) in [6, 6.07) is 9.07. The first-order valence-corrected chi connectivity index (χ1v) is 10.0. The third-order valence-corrected chi connectivity index (χ3v) is 5.22. The minimum absolute atomic E-state index is 0.116. The van der Waals surface area contributed by atoms with Crippen LogP contribution in [0.4, 0.5) is 18.9 Å². The zero-order valence-electron chi connectivity index (χ0n) is 17.2. The smallest absolute Gasteiger partial charge is 0.418 e. The van der Waals surface area contributed by atoms with Gasteiger partial charge in [-0.05, 0) is 43.3 Å². The number of nitrogens with zero attached hydrogens (tertiary/aromatic N) is 3. The fraction of sp³-hybridized carbons (Fsp3) is 0.318. The summed E-state index contributed by atoms with van der Waals surface area (Å²) in [5.41, 5.74) is -0.218. The van der Waals surface area contributed by atoms with Crippen molar-refractivity contribution in [1.82, 2.24) is 9.88 Å². The van der Waals surface area contributed by atoms with E-state index in [4.69, 9.17) is 9.15 Å². The first-order valence-electron chi connectivity index (χ1n) is 10.0. The average Bonchev–Trinajstić information content (AvgIpc) is 3.22. The van der Waals surface area contributed by atoms with E-state index in [0.717, 1.165) is 23.2 Å². The summed E-state index contributed by atoms with van der Waals surface area (Å²) in [6.45, 7) is 3.34. The molecule has 1 aliphatic rings. The van der Waals surface area contributed by atoms with Gasteiger partial charge in [0.2, 0.25) is 5.76 Å². The number of halogens is 3. The number of aromatic nitrogens is 1. The van der Waals surface area contributed by atoms with Crippen molar-refractivity contribution in [2.75, 3.05) is 37.7 Å². The molecule has 7 nitrogen and oxygen atoms in total. The largest absolute Gasteiger partial charge is 0.460 e. The quantitative estimate of drug-likeness (QED) is 0.563. The number of piperazine rings is 1. The second kappa shape index (κ2) is 8.52. The van der Waals surface area contributed by atoms with Gasteiger partial charge >= 0.3 is 12.1 Å². The van der Waals surface area contributed by atoms with Crippen LogP contribution in [-0.4, -0.2) is 54.5 Å². The van der Waals surface area contributed by atoms with Crippen molar-refractivity contribution in [1.29, 1.82) is 0 Å². The van der Waals surface area contributed by atoms with Crippen molar-refractivity contribution in [3.63, 3.8) is 0 Å². The highest BCUT2D eigenvalue weighted by atomic mass is 19.4. The zero-order valence-corrected chi connectivity index (χ0v) is 17.2. The number of esters is 1. The number of carbonyl (C=O) groups is 2. The van der Waals surface area contributed by atoms with E-state index in [-0.39, 0.29) is 25.5 Å². The summed E-state index contributed by atoms with van der Waals surface area (Å²) in [7, 11) is 0. The van der Waals surface area contributed by atoms with E-state index in [1.54, 1.807) is 19.1 Å². The molecular weight excluding hydrogens is 427 g/mol. The SMILES string of the molecule is CCOC(=O)c1cc2cc(N3CCN(C(=O)c4ncccc4C(F)(F)F)CC3)ccc2o1. The van der Waals surface area contributed by atoms with Crippen LogP contribution in [0.2, 0.25) is 0 Å². The van der Waals surface area contributed by atoms with Gasteiger partial charge in [-0.2, -0.15) is 13.2 Å². The maximum atomic E-state index is 13.2. The number of benzene rings is 1. The number of fused-ring (bicyclic) bond motifs is 1. The lowest BCUT2D eigenvalue weighted by molar-refractivity contribution is -0.138. The molecule has 10 heteroatoms. The van der Waals surface area contributed by atoms with Crippen LogP contribution in [0.5, 0.6) is 0 Å². The van der Waals surface area contributed by atoms with E-state index < -0.39 is 29.3 Å². The van der Waals surface area contributed by atoms with Gasteiger partial charge in [0.05, 0.1) is 12.2 Å². The van der Waals surface area contributed by atoms with Crippen LogP contribution in [-0.2, 0) is 10.9 Å². The molecule has 1 aliphatic heterocycles. The molecule has 1 saturated heterocycles. The molecule has 0 spiro atoms. The molecule has 0 N–H and O–H groups in total. The lowest BCUT2D eigenvalue weighted by Gasteiger charge is -2.36. The zero-order chi connectivity index (χ0) is 22.9. The Balaban J connectivity index is 1.46. The van der Waals surface area contributed by atoms with Gasteiger partial charge in [-0.15, -0.1) is 0 Å².